The maximum atomic E-state index is 2.48. The number of rotatable bonds is 8. The monoisotopic (exact) mass is 764 g/mol. The van der Waals surface area contributed by atoms with Crippen LogP contribution in [0.3, 0.4) is 0 Å². The van der Waals surface area contributed by atoms with Gasteiger partial charge in [-0.1, -0.05) is 188 Å². The smallest absolute Gasteiger partial charge is 0.0562 e. The van der Waals surface area contributed by atoms with E-state index in [9.17, 15) is 0 Å². The molecule has 0 aliphatic carbocycles. The van der Waals surface area contributed by atoms with Gasteiger partial charge >= 0.3 is 0 Å². The van der Waals surface area contributed by atoms with Crippen molar-refractivity contribution in [2.45, 2.75) is 0 Å². The van der Waals surface area contributed by atoms with Crippen molar-refractivity contribution in [3.05, 3.63) is 243 Å². The number of anilines is 3. The summed E-state index contributed by atoms with van der Waals surface area (Å²) in [6, 6.07) is 88.0. The van der Waals surface area contributed by atoms with Crippen LogP contribution in [0.15, 0.2) is 243 Å². The van der Waals surface area contributed by atoms with E-state index in [1.165, 1.54) is 71.6 Å². The molecular weight excluding hydrogens is 725 g/mol. The van der Waals surface area contributed by atoms with E-state index in [4.69, 9.17) is 0 Å². The summed E-state index contributed by atoms with van der Waals surface area (Å²) in [5, 5.41) is 4.88. The molecule has 0 spiro atoms. The first-order valence-corrected chi connectivity index (χ1v) is 20.6. The first-order valence-electron chi connectivity index (χ1n) is 20.6. The Hall–Kier alpha value is -7.94. The van der Waals surface area contributed by atoms with Crippen molar-refractivity contribution in [1.29, 1.82) is 0 Å². The van der Waals surface area contributed by atoms with Crippen molar-refractivity contribution >= 4 is 49.6 Å². The van der Waals surface area contributed by atoms with Gasteiger partial charge in [0.15, 0.2) is 0 Å². The molecule has 0 bridgehead atoms. The Bertz CT molecular complexity index is 3300. The Morgan fingerprint density at radius 1 is 0.267 bits per heavy atom. The van der Waals surface area contributed by atoms with Crippen molar-refractivity contribution in [2.75, 3.05) is 4.90 Å². The average molecular weight is 765 g/mol. The van der Waals surface area contributed by atoms with Gasteiger partial charge in [0.2, 0.25) is 0 Å². The second-order valence-corrected chi connectivity index (χ2v) is 15.3. The van der Waals surface area contributed by atoms with Crippen molar-refractivity contribution in [3.8, 4) is 50.2 Å². The molecule has 0 atom stereocenters. The van der Waals surface area contributed by atoms with E-state index in [1.807, 2.05) is 0 Å². The number of hydrogen-bond acceptors (Lipinski definition) is 1. The Morgan fingerprint density at radius 2 is 0.750 bits per heavy atom. The highest BCUT2D eigenvalue weighted by Gasteiger charge is 2.21. The highest BCUT2D eigenvalue weighted by molar-refractivity contribution is 6.11. The highest BCUT2D eigenvalue weighted by Crippen LogP contribution is 2.45. The summed E-state index contributed by atoms with van der Waals surface area (Å²) in [6.45, 7) is 0. The SMILES string of the molecule is c1ccc(-c2ccccc2-c2ccc(N(c3ccccc3)c3ccc4c5ccccc5n(-c5cc6ccccc6cc5-c5ccccc5)c4c3)cc2-c2ccccc2)cc1. The molecule has 11 aromatic rings. The van der Waals surface area contributed by atoms with Crippen molar-refractivity contribution in [1.82, 2.24) is 4.57 Å². The number of fused-ring (bicyclic) bond motifs is 4. The van der Waals surface area contributed by atoms with E-state index < -0.39 is 0 Å². The lowest BCUT2D eigenvalue weighted by atomic mass is 9.89. The molecular formula is C58H40N2. The summed E-state index contributed by atoms with van der Waals surface area (Å²) in [5.74, 6) is 0. The molecule has 0 saturated carbocycles. The fraction of sp³-hybridized carbons (Fsp3) is 0. The summed E-state index contributed by atoms with van der Waals surface area (Å²) in [4.78, 5) is 2.40. The van der Waals surface area contributed by atoms with Gasteiger partial charge in [0.1, 0.15) is 0 Å². The third-order valence-corrected chi connectivity index (χ3v) is 11.8. The van der Waals surface area contributed by atoms with Gasteiger partial charge in [-0.25, -0.2) is 0 Å². The quantitative estimate of drug-likeness (QED) is 0.150. The first kappa shape index (κ1) is 35.2. The van der Waals surface area contributed by atoms with Crippen molar-refractivity contribution < 1.29 is 0 Å². The predicted molar refractivity (Wildman–Crippen MR) is 255 cm³/mol. The fourth-order valence-electron chi connectivity index (χ4n) is 8.99. The van der Waals surface area contributed by atoms with Crippen LogP contribution in [0.2, 0.25) is 0 Å². The van der Waals surface area contributed by atoms with Crippen LogP contribution in [0.25, 0.3) is 82.8 Å². The molecule has 0 unspecified atom stereocenters. The normalized spacial score (nSPS) is 11.3. The molecule has 11 rings (SSSR count). The Labute approximate surface area is 350 Å². The minimum Gasteiger partial charge on any atom is -0.310 e. The predicted octanol–water partition coefficient (Wildman–Crippen LogP) is 16.1. The van der Waals surface area contributed by atoms with Crippen LogP contribution >= 0.6 is 0 Å². The zero-order valence-corrected chi connectivity index (χ0v) is 33.0. The molecule has 0 N–H and O–H groups in total. The molecule has 0 radical (unpaired) electrons. The standard InChI is InChI=1S/C58H40N2/c1-5-19-41(20-6-1)49-29-15-16-30-50(49)51-35-33-47(39-54(51)42-21-7-2-8-22-42)59(46-27-11-4-12-28-46)48-34-36-53-52-31-17-18-32-56(52)60(58(53)40-48)57-38-45-26-14-13-25-44(45)37-55(57)43-23-9-3-10-24-43/h1-40H. The summed E-state index contributed by atoms with van der Waals surface area (Å²) in [5.41, 5.74) is 16.3. The van der Waals surface area contributed by atoms with Crippen molar-refractivity contribution in [2.24, 2.45) is 0 Å². The van der Waals surface area contributed by atoms with Crippen LogP contribution in [0.5, 0.6) is 0 Å². The highest BCUT2D eigenvalue weighted by atomic mass is 15.1. The van der Waals surface area contributed by atoms with Crippen LogP contribution in [0.1, 0.15) is 0 Å². The molecule has 60 heavy (non-hydrogen) atoms. The second-order valence-electron chi connectivity index (χ2n) is 15.3. The van der Waals surface area contributed by atoms with Crippen molar-refractivity contribution in [3.63, 3.8) is 0 Å². The van der Waals surface area contributed by atoms with Crippen LogP contribution in [0.4, 0.5) is 17.1 Å². The second kappa shape index (κ2) is 15.1. The average Bonchev–Trinajstić information content (AvgIpc) is 3.66. The van der Waals surface area contributed by atoms with Gasteiger partial charge in [-0.15, -0.1) is 0 Å². The molecule has 2 nitrogen and oxygen atoms in total. The topological polar surface area (TPSA) is 8.17 Å². The summed E-state index contributed by atoms with van der Waals surface area (Å²) in [6.07, 6.45) is 0. The molecule has 1 aromatic heterocycles. The number of hydrogen-bond donors (Lipinski definition) is 0. The molecule has 10 aromatic carbocycles. The Kier molecular flexibility index (Phi) is 8.87. The van der Waals surface area contributed by atoms with Crippen LogP contribution < -0.4 is 4.90 Å². The van der Waals surface area contributed by atoms with E-state index in [0.29, 0.717) is 0 Å². The molecule has 0 saturated heterocycles. The molecule has 2 heteroatoms. The molecule has 0 aliphatic heterocycles. The lowest BCUT2D eigenvalue weighted by Crippen LogP contribution is -2.10. The van der Waals surface area contributed by atoms with Gasteiger partial charge < -0.3 is 9.47 Å². The van der Waals surface area contributed by atoms with Crippen LogP contribution in [-0.4, -0.2) is 4.57 Å². The summed E-state index contributed by atoms with van der Waals surface area (Å²) < 4.78 is 2.48. The number of nitrogens with zero attached hydrogens (tertiary/aromatic N) is 2. The third kappa shape index (κ3) is 6.23. The van der Waals surface area contributed by atoms with Gasteiger partial charge in [0, 0.05) is 33.4 Å². The van der Waals surface area contributed by atoms with Crippen LogP contribution in [-0.2, 0) is 0 Å². The number of aromatic nitrogens is 1. The van der Waals surface area contributed by atoms with Gasteiger partial charge in [0.05, 0.1) is 16.7 Å². The van der Waals surface area contributed by atoms with E-state index in [0.717, 1.165) is 28.3 Å². The molecule has 1 heterocycles. The molecule has 0 fully saturated rings. The van der Waals surface area contributed by atoms with E-state index in [1.54, 1.807) is 0 Å². The molecule has 0 aliphatic rings. The minimum atomic E-state index is 1.08. The van der Waals surface area contributed by atoms with Gasteiger partial charge in [-0.2, -0.15) is 0 Å². The zero-order valence-electron chi connectivity index (χ0n) is 33.0. The fourth-order valence-corrected chi connectivity index (χ4v) is 8.99. The minimum absolute atomic E-state index is 1.08. The summed E-state index contributed by atoms with van der Waals surface area (Å²) >= 11 is 0. The van der Waals surface area contributed by atoms with Crippen LogP contribution in [0, 0.1) is 0 Å². The third-order valence-electron chi connectivity index (χ3n) is 11.8. The molecule has 0 amide bonds. The lowest BCUT2D eigenvalue weighted by molar-refractivity contribution is 1.18. The Balaban J connectivity index is 1.15. The first-order chi connectivity index (χ1) is 29.8. The lowest BCUT2D eigenvalue weighted by Gasteiger charge is -2.27. The summed E-state index contributed by atoms with van der Waals surface area (Å²) in [7, 11) is 0. The zero-order chi connectivity index (χ0) is 39.8. The maximum absolute atomic E-state index is 2.48. The number of para-hydroxylation sites is 2. The van der Waals surface area contributed by atoms with E-state index >= 15 is 0 Å². The van der Waals surface area contributed by atoms with E-state index in [2.05, 4.69) is 252 Å². The van der Waals surface area contributed by atoms with E-state index in [-0.39, 0.29) is 0 Å². The van der Waals surface area contributed by atoms with Gasteiger partial charge in [-0.3, -0.25) is 0 Å². The van der Waals surface area contributed by atoms with Gasteiger partial charge in [-0.05, 0) is 104 Å². The molecule has 282 valence electrons. The maximum Gasteiger partial charge on any atom is 0.0562 e. The number of benzene rings is 10. The van der Waals surface area contributed by atoms with Gasteiger partial charge in [0.25, 0.3) is 0 Å². The largest absolute Gasteiger partial charge is 0.310 e. The Morgan fingerprint density at radius 3 is 1.45 bits per heavy atom.